The molecule has 0 heterocycles. The van der Waals surface area contributed by atoms with Gasteiger partial charge >= 0.3 is 0 Å². The Labute approximate surface area is 94.5 Å². The maximum Gasteiger partial charge on any atom is 0.177 e. The Kier molecular flexibility index (Phi) is 3.94. The van der Waals surface area contributed by atoms with E-state index in [4.69, 9.17) is 0 Å². The van der Waals surface area contributed by atoms with Crippen LogP contribution in [0.1, 0.15) is 5.56 Å². The van der Waals surface area contributed by atoms with E-state index in [-0.39, 0.29) is 5.75 Å². The van der Waals surface area contributed by atoms with Crippen molar-refractivity contribution in [3.63, 3.8) is 0 Å². The third kappa shape index (κ3) is 3.40. The molecule has 0 fully saturated rings. The van der Waals surface area contributed by atoms with E-state index in [0.717, 1.165) is 5.56 Å². The number of alkyl halides is 2. The predicted octanol–water partition coefficient (Wildman–Crippen LogP) is 2.67. The lowest BCUT2D eigenvalue weighted by Crippen LogP contribution is -2.10. The van der Waals surface area contributed by atoms with Crippen molar-refractivity contribution in [2.45, 2.75) is 8.82 Å². The van der Waals surface area contributed by atoms with Crippen LogP contribution in [0.3, 0.4) is 0 Å². The first-order valence-corrected chi connectivity index (χ1v) is 7.11. The summed E-state index contributed by atoms with van der Waals surface area (Å²) in [5.41, 5.74) is 0.798. The first kappa shape index (κ1) is 11.2. The quantitative estimate of drug-likeness (QED) is 0.800. The highest BCUT2D eigenvalue weighted by atomic mass is 79.9. The highest BCUT2D eigenvalue weighted by Crippen LogP contribution is 2.20. The molecule has 0 saturated carbocycles. The number of benzene rings is 1. The topological polar surface area (TPSA) is 34.1 Å². The van der Waals surface area contributed by atoms with Crippen molar-refractivity contribution in [2.75, 3.05) is 0 Å². The number of halogens is 2. The van der Waals surface area contributed by atoms with Gasteiger partial charge in [-0.05, 0) is 5.56 Å². The zero-order chi connectivity index (χ0) is 9.90. The van der Waals surface area contributed by atoms with Crippen molar-refractivity contribution in [2.24, 2.45) is 0 Å². The average Bonchev–Trinajstić information content (AvgIpc) is 2.05. The summed E-state index contributed by atoms with van der Waals surface area (Å²) in [6.07, 6.45) is 0. The van der Waals surface area contributed by atoms with E-state index in [1.54, 1.807) is 12.1 Å². The van der Waals surface area contributed by atoms with Gasteiger partial charge in [0.2, 0.25) is 0 Å². The molecule has 0 spiro atoms. The molecule has 0 aliphatic heterocycles. The van der Waals surface area contributed by atoms with Crippen LogP contribution in [0.25, 0.3) is 0 Å². The van der Waals surface area contributed by atoms with Crippen molar-refractivity contribution < 1.29 is 8.42 Å². The Morgan fingerprint density at radius 2 is 1.69 bits per heavy atom. The normalized spacial score (nSPS) is 11.9. The summed E-state index contributed by atoms with van der Waals surface area (Å²) in [4.78, 5) is 0. The van der Waals surface area contributed by atoms with E-state index in [1.807, 2.05) is 18.2 Å². The number of rotatable bonds is 3. The standard InChI is InChI=1S/C8H8Br2O2S/c9-8(10)13(11,12)6-7-4-2-1-3-5-7/h1-5,8H,6H2. The van der Waals surface area contributed by atoms with Crippen molar-refractivity contribution >= 4 is 41.7 Å². The molecular formula is C8H8Br2O2S. The Balaban J connectivity index is 2.82. The maximum absolute atomic E-state index is 11.4. The van der Waals surface area contributed by atoms with E-state index in [1.165, 1.54) is 0 Å². The van der Waals surface area contributed by atoms with Crippen molar-refractivity contribution in [3.8, 4) is 0 Å². The van der Waals surface area contributed by atoms with Gasteiger partial charge in [0.1, 0.15) is 0 Å². The molecule has 0 atom stereocenters. The summed E-state index contributed by atoms with van der Waals surface area (Å²) in [6, 6.07) is 9.08. The van der Waals surface area contributed by atoms with E-state index >= 15 is 0 Å². The number of hydrogen-bond acceptors (Lipinski definition) is 2. The second-order valence-corrected chi connectivity index (χ2v) is 8.91. The van der Waals surface area contributed by atoms with Crippen LogP contribution in [0.15, 0.2) is 30.3 Å². The molecule has 0 amide bonds. The molecule has 0 saturated heterocycles. The molecule has 0 aliphatic rings. The summed E-state index contributed by atoms with van der Waals surface area (Å²) in [7, 11) is -3.12. The highest BCUT2D eigenvalue weighted by molar-refractivity contribution is 9.27. The van der Waals surface area contributed by atoms with Crippen molar-refractivity contribution in [1.29, 1.82) is 0 Å². The fraction of sp³-hybridized carbons (Fsp3) is 0.250. The Hall–Kier alpha value is 0.130. The molecule has 72 valence electrons. The van der Waals surface area contributed by atoms with Gasteiger partial charge in [-0.3, -0.25) is 0 Å². The Bertz CT molecular complexity index is 359. The van der Waals surface area contributed by atoms with Gasteiger partial charge in [0, 0.05) is 0 Å². The van der Waals surface area contributed by atoms with Gasteiger partial charge < -0.3 is 0 Å². The summed E-state index contributed by atoms with van der Waals surface area (Å²) in [5.74, 6) is 0.0506. The molecule has 0 radical (unpaired) electrons. The second-order valence-electron chi connectivity index (χ2n) is 2.55. The van der Waals surface area contributed by atoms with Crippen molar-refractivity contribution in [1.82, 2.24) is 0 Å². The van der Waals surface area contributed by atoms with E-state index < -0.39 is 12.9 Å². The maximum atomic E-state index is 11.4. The van der Waals surface area contributed by atoms with Crippen LogP contribution < -0.4 is 0 Å². The lowest BCUT2D eigenvalue weighted by Gasteiger charge is -2.04. The Morgan fingerprint density at radius 3 is 2.15 bits per heavy atom. The smallest absolute Gasteiger partial charge is 0.177 e. The minimum atomic E-state index is -3.12. The molecule has 2 nitrogen and oxygen atoms in total. The zero-order valence-corrected chi connectivity index (χ0v) is 10.6. The van der Waals surface area contributed by atoms with Gasteiger partial charge in [-0.2, -0.15) is 0 Å². The lowest BCUT2D eigenvalue weighted by molar-refractivity contribution is 0.599. The third-order valence-electron chi connectivity index (χ3n) is 1.48. The van der Waals surface area contributed by atoms with Crippen LogP contribution >= 0.6 is 31.9 Å². The van der Waals surface area contributed by atoms with E-state index in [0.29, 0.717) is 0 Å². The van der Waals surface area contributed by atoms with Crippen LogP contribution in [-0.2, 0) is 15.6 Å². The minimum Gasteiger partial charge on any atom is -0.226 e. The highest BCUT2D eigenvalue weighted by Gasteiger charge is 2.19. The molecule has 1 rings (SSSR count). The zero-order valence-electron chi connectivity index (χ0n) is 6.65. The summed E-state index contributed by atoms with van der Waals surface area (Å²) < 4.78 is 22.1. The molecule has 0 aromatic heterocycles. The largest absolute Gasteiger partial charge is 0.226 e. The first-order chi connectivity index (χ1) is 6.02. The van der Waals surface area contributed by atoms with Crippen LogP contribution in [0, 0.1) is 0 Å². The molecule has 1 aromatic rings. The average molecular weight is 328 g/mol. The van der Waals surface area contributed by atoms with Gasteiger partial charge in [0.25, 0.3) is 0 Å². The van der Waals surface area contributed by atoms with Gasteiger partial charge in [-0.1, -0.05) is 62.2 Å². The molecule has 0 bridgehead atoms. The summed E-state index contributed by atoms with van der Waals surface area (Å²) in [5, 5.41) is 0. The molecule has 13 heavy (non-hydrogen) atoms. The van der Waals surface area contributed by atoms with Crippen LogP contribution in [0.2, 0.25) is 0 Å². The molecular weight excluding hydrogens is 320 g/mol. The minimum absolute atomic E-state index is 0.0506. The molecule has 5 heteroatoms. The molecule has 0 aliphatic carbocycles. The first-order valence-electron chi connectivity index (χ1n) is 3.56. The Morgan fingerprint density at radius 1 is 1.15 bits per heavy atom. The fourth-order valence-corrected chi connectivity index (χ4v) is 2.45. The van der Waals surface area contributed by atoms with Crippen molar-refractivity contribution in [3.05, 3.63) is 35.9 Å². The summed E-state index contributed by atoms with van der Waals surface area (Å²) in [6.45, 7) is 0. The number of sulfone groups is 1. The van der Waals surface area contributed by atoms with Gasteiger partial charge in [-0.15, -0.1) is 0 Å². The molecule has 0 N–H and O–H groups in total. The van der Waals surface area contributed by atoms with E-state index in [2.05, 4.69) is 31.9 Å². The lowest BCUT2D eigenvalue weighted by atomic mass is 10.2. The SMILES string of the molecule is O=S(=O)(Cc1ccccc1)C(Br)Br. The summed E-state index contributed by atoms with van der Waals surface area (Å²) >= 11 is 5.96. The third-order valence-corrected chi connectivity index (χ3v) is 6.18. The molecule has 1 aromatic carbocycles. The van der Waals surface area contributed by atoms with Crippen LogP contribution in [0.4, 0.5) is 0 Å². The van der Waals surface area contributed by atoms with Gasteiger partial charge in [-0.25, -0.2) is 8.42 Å². The monoisotopic (exact) mass is 326 g/mol. The predicted molar refractivity (Wildman–Crippen MR) is 60.7 cm³/mol. The molecule has 0 unspecified atom stereocenters. The van der Waals surface area contributed by atoms with Gasteiger partial charge in [0.15, 0.2) is 12.9 Å². The van der Waals surface area contributed by atoms with Crippen LogP contribution in [0.5, 0.6) is 0 Å². The number of hydrogen-bond donors (Lipinski definition) is 0. The fourth-order valence-electron chi connectivity index (χ4n) is 0.870. The van der Waals surface area contributed by atoms with Crippen LogP contribution in [-0.4, -0.2) is 11.5 Å². The second kappa shape index (κ2) is 4.57. The van der Waals surface area contributed by atoms with Gasteiger partial charge in [0.05, 0.1) is 5.75 Å². The van der Waals surface area contributed by atoms with E-state index in [9.17, 15) is 8.42 Å².